The Hall–Kier alpha value is -2.56. The molecule has 6 nitrogen and oxygen atoms in total. The average Bonchev–Trinajstić information content (AvgIpc) is 2.46. The summed E-state index contributed by atoms with van der Waals surface area (Å²) in [5.41, 5.74) is 14.7. The summed E-state index contributed by atoms with van der Waals surface area (Å²) in [6.07, 6.45) is 1.18. The van der Waals surface area contributed by atoms with E-state index in [2.05, 4.69) is 16.1 Å². The van der Waals surface area contributed by atoms with Gasteiger partial charge in [0.05, 0.1) is 0 Å². The zero-order valence-electron chi connectivity index (χ0n) is 10.9. The minimum Gasteiger partial charge on any atom is -0.453 e. The van der Waals surface area contributed by atoms with Crippen LogP contribution in [0.5, 0.6) is 0 Å². The summed E-state index contributed by atoms with van der Waals surface area (Å²) in [4.78, 5) is 26.0. The molecule has 0 aromatic heterocycles. The number of nitrogens with two attached hydrogens (primary N) is 1. The van der Waals surface area contributed by atoms with Crippen molar-refractivity contribution in [3.8, 4) is 0 Å². The van der Waals surface area contributed by atoms with Gasteiger partial charge in [0.2, 0.25) is 0 Å². The monoisotopic (exact) mass is 273 g/mol. The number of hydrogen-bond acceptors (Lipinski definition) is 4. The van der Waals surface area contributed by atoms with E-state index in [1.54, 1.807) is 24.3 Å². The fourth-order valence-corrected chi connectivity index (χ4v) is 1.53. The molecule has 0 aliphatic rings. The molecule has 0 saturated heterocycles. The lowest BCUT2D eigenvalue weighted by molar-refractivity contribution is -0.141. The lowest BCUT2D eigenvalue weighted by Crippen LogP contribution is -2.30. The van der Waals surface area contributed by atoms with E-state index in [1.807, 2.05) is 6.07 Å². The molecule has 0 unspecified atom stereocenters. The van der Waals surface area contributed by atoms with E-state index in [9.17, 15) is 9.59 Å². The van der Waals surface area contributed by atoms with E-state index in [-0.39, 0.29) is 13.0 Å². The molecule has 20 heavy (non-hydrogen) atoms. The second kappa shape index (κ2) is 7.78. The summed E-state index contributed by atoms with van der Waals surface area (Å²) < 4.78 is 4.64. The predicted molar refractivity (Wildman–Crippen MR) is 72.8 cm³/mol. The molecule has 0 spiro atoms. The van der Waals surface area contributed by atoms with E-state index >= 15 is 0 Å². The maximum absolute atomic E-state index is 11.9. The topological polar surface area (TPSA) is 106 Å². The Balaban J connectivity index is 2.71. The highest BCUT2D eigenvalue weighted by atomic mass is 16.5. The Labute approximate surface area is 116 Å². The Kier molecular flexibility index (Phi) is 6.03. The molecule has 0 heterocycles. The lowest BCUT2D eigenvalue weighted by Gasteiger charge is -2.09. The number of rotatable bonds is 7. The van der Waals surface area contributed by atoms with Crippen LogP contribution in [0.15, 0.2) is 43.0 Å². The number of nitrogens with zero attached hydrogens (tertiary/aromatic N) is 2. The number of carbonyl (C=O) groups excluding carboxylic acids is 2. The SMILES string of the molecule is C=CCOC(=O)C(=[N+]=[N-])C(=O)C[C@@H](N)c1ccccc1. The first kappa shape index (κ1) is 15.5. The van der Waals surface area contributed by atoms with Gasteiger partial charge >= 0.3 is 11.7 Å². The van der Waals surface area contributed by atoms with Crippen LogP contribution in [0.2, 0.25) is 0 Å². The van der Waals surface area contributed by atoms with Crippen molar-refractivity contribution in [3.63, 3.8) is 0 Å². The molecule has 0 fully saturated rings. The van der Waals surface area contributed by atoms with Crippen LogP contribution in [0.25, 0.3) is 5.53 Å². The third-order valence-electron chi connectivity index (χ3n) is 2.52. The second-order valence-corrected chi connectivity index (χ2v) is 3.98. The minimum absolute atomic E-state index is 0.0735. The molecular formula is C14H15N3O3. The molecule has 1 atom stereocenters. The van der Waals surface area contributed by atoms with Crippen molar-refractivity contribution >= 4 is 17.5 Å². The number of hydrogen-bond donors (Lipinski definition) is 1. The smallest absolute Gasteiger partial charge is 0.441 e. The fourth-order valence-electron chi connectivity index (χ4n) is 1.53. The second-order valence-electron chi connectivity index (χ2n) is 3.98. The number of Topliss-reactive ketones (excluding diaryl/α,β-unsaturated/α-hetero) is 1. The van der Waals surface area contributed by atoms with Gasteiger partial charge in [-0.2, -0.15) is 4.79 Å². The number of benzene rings is 1. The van der Waals surface area contributed by atoms with E-state index in [1.165, 1.54) is 6.08 Å². The Bertz CT molecular complexity index is 548. The number of carbonyl (C=O) groups is 2. The molecular weight excluding hydrogens is 258 g/mol. The van der Waals surface area contributed by atoms with Gasteiger partial charge in [-0.15, -0.1) is 0 Å². The highest BCUT2D eigenvalue weighted by Crippen LogP contribution is 2.13. The summed E-state index contributed by atoms with van der Waals surface area (Å²) >= 11 is 0. The standard InChI is InChI=1S/C14H15N3O3/c1-2-8-20-14(19)13(17-16)12(18)9-11(15)10-6-4-3-5-7-10/h2-7,11H,1,8-9,15H2/t11-/m1/s1. The maximum Gasteiger partial charge on any atom is 0.441 e. The van der Waals surface area contributed by atoms with Crippen LogP contribution >= 0.6 is 0 Å². The van der Waals surface area contributed by atoms with Crippen LogP contribution in [0, 0.1) is 0 Å². The highest BCUT2D eigenvalue weighted by Gasteiger charge is 2.32. The lowest BCUT2D eigenvalue weighted by atomic mass is 10.0. The number of ketones is 1. The van der Waals surface area contributed by atoms with Gasteiger partial charge in [0, 0.05) is 12.5 Å². The van der Waals surface area contributed by atoms with Crippen molar-refractivity contribution in [2.24, 2.45) is 5.73 Å². The third-order valence-corrected chi connectivity index (χ3v) is 2.52. The van der Waals surface area contributed by atoms with Crippen molar-refractivity contribution in [1.29, 1.82) is 0 Å². The molecule has 2 N–H and O–H groups in total. The normalized spacial score (nSPS) is 11.1. The molecule has 0 amide bonds. The first-order valence-corrected chi connectivity index (χ1v) is 5.94. The Morgan fingerprint density at radius 3 is 2.60 bits per heavy atom. The minimum atomic E-state index is -1.00. The van der Waals surface area contributed by atoms with Gasteiger partial charge in [0.1, 0.15) is 6.61 Å². The Morgan fingerprint density at radius 1 is 1.40 bits per heavy atom. The van der Waals surface area contributed by atoms with Crippen LogP contribution in [0.4, 0.5) is 0 Å². The molecule has 1 rings (SSSR count). The highest BCUT2D eigenvalue weighted by molar-refractivity contribution is 6.62. The van der Waals surface area contributed by atoms with E-state index in [0.717, 1.165) is 5.56 Å². The average molecular weight is 273 g/mol. The quantitative estimate of drug-likeness (QED) is 0.200. The van der Waals surface area contributed by atoms with Crippen molar-refractivity contribution in [1.82, 2.24) is 0 Å². The molecule has 0 aliphatic heterocycles. The predicted octanol–water partition coefficient (Wildman–Crippen LogP) is 1.05. The summed E-state index contributed by atoms with van der Waals surface area (Å²) in [7, 11) is 0. The maximum atomic E-state index is 11.9. The molecule has 1 aromatic carbocycles. The van der Waals surface area contributed by atoms with E-state index in [0.29, 0.717) is 0 Å². The summed E-state index contributed by atoms with van der Waals surface area (Å²) in [6, 6.07) is 8.35. The fraction of sp³-hybridized carbons (Fsp3) is 0.214. The molecule has 0 saturated carbocycles. The van der Waals surface area contributed by atoms with Gasteiger partial charge in [-0.3, -0.25) is 4.79 Å². The van der Waals surface area contributed by atoms with Crippen molar-refractivity contribution in [3.05, 3.63) is 54.1 Å². The van der Waals surface area contributed by atoms with Crippen LogP contribution in [0.1, 0.15) is 18.0 Å². The summed E-state index contributed by atoms with van der Waals surface area (Å²) in [5.74, 6) is -1.68. The van der Waals surface area contributed by atoms with Crippen LogP contribution in [-0.4, -0.2) is 28.9 Å². The molecule has 0 radical (unpaired) electrons. The van der Waals surface area contributed by atoms with Crippen molar-refractivity contribution in [2.45, 2.75) is 12.5 Å². The first-order chi connectivity index (χ1) is 9.60. The molecule has 1 aromatic rings. The molecule has 0 bridgehead atoms. The third kappa shape index (κ3) is 4.28. The summed E-state index contributed by atoms with van der Waals surface area (Å²) in [6.45, 7) is 3.29. The Morgan fingerprint density at radius 2 is 2.05 bits per heavy atom. The van der Waals surface area contributed by atoms with Crippen LogP contribution < -0.4 is 5.73 Å². The van der Waals surface area contributed by atoms with Crippen LogP contribution in [0.3, 0.4) is 0 Å². The van der Waals surface area contributed by atoms with Gasteiger partial charge in [0.15, 0.2) is 0 Å². The zero-order valence-corrected chi connectivity index (χ0v) is 10.9. The van der Waals surface area contributed by atoms with Crippen LogP contribution in [-0.2, 0) is 14.3 Å². The zero-order chi connectivity index (χ0) is 15.0. The summed E-state index contributed by atoms with van der Waals surface area (Å²) in [5, 5.41) is 0. The van der Waals surface area contributed by atoms with Gasteiger partial charge in [-0.25, -0.2) is 4.79 Å². The van der Waals surface area contributed by atoms with E-state index in [4.69, 9.17) is 11.3 Å². The first-order valence-electron chi connectivity index (χ1n) is 5.94. The van der Waals surface area contributed by atoms with Gasteiger partial charge < -0.3 is 16.0 Å². The van der Waals surface area contributed by atoms with Crippen molar-refractivity contribution in [2.75, 3.05) is 6.61 Å². The largest absolute Gasteiger partial charge is 0.453 e. The molecule has 104 valence electrons. The van der Waals surface area contributed by atoms with Gasteiger partial charge in [-0.05, 0) is 5.56 Å². The van der Waals surface area contributed by atoms with Gasteiger partial charge in [0.25, 0.3) is 5.78 Å². The van der Waals surface area contributed by atoms with Crippen molar-refractivity contribution < 1.29 is 19.1 Å². The molecule has 6 heteroatoms. The number of ether oxygens (including phenoxy) is 1. The van der Waals surface area contributed by atoms with E-state index < -0.39 is 23.5 Å². The number of esters is 1. The van der Waals surface area contributed by atoms with Gasteiger partial charge in [-0.1, -0.05) is 43.0 Å². The molecule has 0 aliphatic carbocycles.